The van der Waals surface area contributed by atoms with Crippen molar-refractivity contribution in [3.63, 3.8) is 0 Å². The number of hydroxylamine groups is 1. The molecule has 4 nitrogen and oxygen atoms in total. The van der Waals surface area contributed by atoms with Crippen LogP contribution in [0.2, 0.25) is 0 Å². The summed E-state index contributed by atoms with van der Waals surface area (Å²) in [6, 6.07) is 5.90. The van der Waals surface area contributed by atoms with E-state index in [1.165, 1.54) is 6.42 Å². The lowest BCUT2D eigenvalue weighted by Gasteiger charge is -2.21. The van der Waals surface area contributed by atoms with E-state index in [0.717, 1.165) is 48.5 Å². The van der Waals surface area contributed by atoms with Crippen LogP contribution in [0, 0.1) is 10.6 Å². The van der Waals surface area contributed by atoms with Crippen molar-refractivity contribution >= 4 is 12.0 Å². The van der Waals surface area contributed by atoms with Crippen LogP contribution < -0.4 is 5.32 Å². The van der Waals surface area contributed by atoms with Gasteiger partial charge in [0.25, 0.3) is 0 Å². The number of hydrogen-bond donors (Lipinski definition) is 1. The zero-order valence-corrected chi connectivity index (χ0v) is 13.4. The van der Waals surface area contributed by atoms with Gasteiger partial charge in [0.05, 0.1) is 0 Å². The molecule has 0 saturated heterocycles. The number of nitrogens with one attached hydrogen (secondary N) is 1. The smallest absolute Gasteiger partial charge is 0.200 e. The minimum atomic E-state index is 0.131. The molecule has 0 amide bonds. The molecule has 1 saturated carbocycles. The molecule has 1 aromatic heterocycles. The standard InChI is InChI=1S/C17H27N3O/c1-17(2,3)13-18-16-11-7-8-14(19-16)12-20(21)15-9-5-4-6-10-15/h7-8,11-12,15H,4-6,9-10,13H2,1-3H3,(H,18,19). The Morgan fingerprint density at radius 2 is 2.00 bits per heavy atom. The molecule has 116 valence electrons. The van der Waals surface area contributed by atoms with Gasteiger partial charge in [-0.2, -0.15) is 0 Å². The lowest BCUT2D eigenvalue weighted by molar-refractivity contribution is -0.500. The minimum Gasteiger partial charge on any atom is -0.624 e. The number of aromatic nitrogens is 1. The van der Waals surface area contributed by atoms with E-state index in [4.69, 9.17) is 0 Å². The van der Waals surface area contributed by atoms with Crippen molar-refractivity contribution in [2.24, 2.45) is 5.41 Å². The Morgan fingerprint density at radius 3 is 2.67 bits per heavy atom. The number of hydrogen-bond acceptors (Lipinski definition) is 3. The van der Waals surface area contributed by atoms with Crippen molar-refractivity contribution in [1.29, 1.82) is 0 Å². The van der Waals surface area contributed by atoms with Gasteiger partial charge in [-0.05, 0) is 30.4 Å². The Balaban J connectivity index is 2.02. The first-order valence-electron chi connectivity index (χ1n) is 7.95. The van der Waals surface area contributed by atoms with E-state index in [0.29, 0.717) is 0 Å². The minimum absolute atomic E-state index is 0.131. The van der Waals surface area contributed by atoms with Crippen molar-refractivity contribution in [2.75, 3.05) is 11.9 Å². The third kappa shape index (κ3) is 5.37. The molecular formula is C17H27N3O. The fourth-order valence-corrected chi connectivity index (χ4v) is 2.55. The summed E-state index contributed by atoms with van der Waals surface area (Å²) < 4.78 is 1.11. The van der Waals surface area contributed by atoms with Crippen molar-refractivity contribution in [1.82, 2.24) is 4.98 Å². The van der Waals surface area contributed by atoms with Gasteiger partial charge in [0, 0.05) is 19.4 Å². The molecule has 0 bridgehead atoms. The summed E-state index contributed by atoms with van der Waals surface area (Å²) in [5.74, 6) is 0.829. The van der Waals surface area contributed by atoms with Gasteiger partial charge < -0.3 is 10.5 Å². The molecule has 4 heteroatoms. The van der Waals surface area contributed by atoms with E-state index in [2.05, 4.69) is 31.1 Å². The van der Waals surface area contributed by atoms with Gasteiger partial charge in [-0.25, -0.2) is 9.72 Å². The van der Waals surface area contributed by atoms with E-state index in [9.17, 15) is 5.21 Å². The second kappa shape index (κ2) is 6.92. The Kier molecular flexibility index (Phi) is 5.21. The summed E-state index contributed by atoms with van der Waals surface area (Å²) in [4.78, 5) is 4.50. The van der Waals surface area contributed by atoms with E-state index in [-0.39, 0.29) is 11.5 Å². The fourth-order valence-electron chi connectivity index (χ4n) is 2.55. The monoisotopic (exact) mass is 289 g/mol. The number of pyridine rings is 1. The second-order valence-corrected chi connectivity index (χ2v) is 7.14. The van der Waals surface area contributed by atoms with Crippen LogP contribution >= 0.6 is 0 Å². The molecule has 0 atom stereocenters. The van der Waals surface area contributed by atoms with Gasteiger partial charge in [-0.15, -0.1) is 0 Å². The first kappa shape index (κ1) is 15.8. The molecule has 1 N–H and O–H groups in total. The second-order valence-electron chi connectivity index (χ2n) is 7.14. The average molecular weight is 289 g/mol. The molecule has 0 aromatic carbocycles. The first-order valence-corrected chi connectivity index (χ1v) is 7.95. The number of rotatable bonds is 4. The van der Waals surface area contributed by atoms with E-state index < -0.39 is 0 Å². The van der Waals surface area contributed by atoms with Gasteiger partial charge >= 0.3 is 0 Å². The average Bonchev–Trinajstić information content (AvgIpc) is 2.46. The summed E-state index contributed by atoms with van der Waals surface area (Å²) in [5.41, 5.74) is 0.933. The lowest BCUT2D eigenvalue weighted by atomic mass is 9.96. The molecule has 0 unspecified atom stereocenters. The van der Waals surface area contributed by atoms with Crippen molar-refractivity contribution in [2.45, 2.75) is 58.9 Å². The van der Waals surface area contributed by atoms with Crippen molar-refractivity contribution in [3.05, 3.63) is 29.1 Å². The molecule has 1 heterocycles. The molecule has 21 heavy (non-hydrogen) atoms. The predicted octanol–water partition coefficient (Wildman–Crippen LogP) is 3.80. The molecule has 0 aliphatic heterocycles. The summed E-state index contributed by atoms with van der Waals surface area (Å²) in [6.07, 6.45) is 7.23. The van der Waals surface area contributed by atoms with Crippen molar-refractivity contribution < 1.29 is 4.74 Å². The lowest BCUT2D eigenvalue weighted by Crippen LogP contribution is -2.25. The maximum Gasteiger partial charge on any atom is 0.200 e. The quantitative estimate of drug-likeness (QED) is 0.397. The summed E-state index contributed by atoms with van der Waals surface area (Å²) in [5, 5.41) is 15.5. The van der Waals surface area contributed by atoms with E-state index in [1.54, 1.807) is 6.21 Å². The molecule has 1 aliphatic carbocycles. The highest BCUT2D eigenvalue weighted by molar-refractivity contribution is 5.73. The fraction of sp³-hybridized carbons (Fsp3) is 0.647. The van der Waals surface area contributed by atoms with E-state index >= 15 is 0 Å². The third-order valence-corrected chi connectivity index (χ3v) is 3.76. The number of nitrogens with zero attached hydrogens (tertiary/aromatic N) is 2. The summed E-state index contributed by atoms with van der Waals surface area (Å²) in [7, 11) is 0. The maximum absolute atomic E-state index is 12.2. The molecule has 1 aromatic rings. The topological polar surface area (TPSA) is 51.0 Å². The zero-order chi connectivity index (χ0) is 15.3. The van der Waals surface area contributed by atoms with Gasteiger partial charge in [-0.3, -0.25) is 0 Å². The van der Waals surface area contributed by atoms with Crippen LogP contribution in [0.25, 0.3) is 0 Å². The Labute approximate surface area is 127 Å². The van der Waals surface area contributed by atoms with Crippen LogP contribution in [-0.4, -0.2) is 28.5 Å². The molecule has 1 aliphatic rings. The number of anilines is 1. The van der Waals surface area contributed by atoms with Crippen LogP contribution in [0.5, 0.6) is 0 Å². The molecule has 1 fully saturated rings. The normalized spacial score (nSPS) is 17.8. The molecule has 0 spiro atoms. The Morgan fingerprint density at radius 1 is 1.29 bits per heavy atom. The zero-order valence-electron chi connectivity index (χ0n) is 13.4. The van der Waals surface area contributed by atoms with Crippen LogP contribution in [0.1, 0.15) is 58.6 Å². The molecule has 0 radical (unpaired) electrons. The highest BCUT2D eigenvalue weighted by Crippen LogP contribution is 2.20. The predicted molar refractivity (Wildman–Crippen MR) is 87.8 cm³/mol. The van der Waals surface area contributed by atoms with Gasteiger partial charge in [-0.1, -0.05) is 33.3 Å². The van der Waals surface area contributed by atoms with Gasteiger partial charge in [0.1, 0.15) is 11.5 Å². The highest BCUT2D eigenvalue weighted by atomic mass is 16.5. The summed E-state index contributed by atoms with van der Waals surface area (Å²) in [6.45, 7) is 7.39. The highest BCUT2D eigenvalue weighted by Gasteiger charge is 2.19. The van der Waals surface area contributed by atoms with Crippen LogP contribution in [0.3, 0.4) is 0 Å². The summed E-state index contributed by atoms with van der Waals surface area (Å²) >= 11 is 0. The first-order chi connectivity index (χ1) is 9.94. The largest absolute Gasteiger partial charge is 0.624 e. The van der Waals surface area contributed by atoms with Crippen LogP contribution in [0.4, 0.5) is 5.82 Å². The van der Waals surface area contributed by atoms with Gasteiger partial charge in [0.2, 0.25) is 6.21 Å². The molecular weight excluding hydrogens is 262 g/mol. The van der Waals surface area contributed by atoms with Gasteiger partial charge in [0.15, 0.2) is 6.04 Å². The Bertz CT molecular complexity index is 485. The third-order valence-electron chi connectivity index (χ3n) is 3.76. The SMILES string of the molecule is CC(C)(C)CNc1cccc(C=[N+]([O-])C2CCCCC2)n1. The van der Waals surface area contributed by atoms with Crippen molar-refractivity contribution in [3.8, 4) is 0 Å². The van der Waals surface area contributed by atoms with Crippen LogP contribution in [-0.2, 0) is 0 Å². The molecule has 2 rings (SSSR count). The van der Waals surface area contributed by atoms with E-state index in [1.807, 2.05) is 18.2 Å². The maximum atomic E-state index is 12.2. The van der Waals surface area contributed by atoms with Crippen LogP contribution in [0.15, 0.2) is 18.2 Å². The Hall–Kier alpha value is -1.58.